The zero-order chi connectivity index (χ0) is 18.3. The lowest BCUT2D eigenvalue weighted by Gasteiger charge is -2.04. The molecule has 0 bridgehead atoms. The number of nitrogens with zero attached hydrogens (tertiary/aromatic N) is 4. The van der Waals surface area contributed by atoms with Crippen LogP contribution in [0, 0.1) is 18.6 Å². The standard InChI is InChI=1S/C17H12F2N6O/c1-9-8-25(15-10(18)4-2-5-11(15)19)24-13(9)17(26)21-16-14-12(22-23-16)6-3-7-20-14/h2-8H,1H3,(H2,21,22,23,26). The number of hydrogen-bond acceptors (Lipinski definition) is 4. The SMILES string of the molecule is Cc1cn(-c2c(F)cccc2F)nc1C(=O)Nc1n[nH]c2cccnc12. The van der Waals surface area contributed by atoms with Crippen LogP contribution < -0.4 is 5.32 Å². The van der Waals surface area contributed by atoms with Crippen LogP contribution in [0.5, 0.6) is 0 Å². The van der Waals surface area contributed by atoms with Crippen LogP contribution in [0.4, 0.5) is 14.6 Å². The molecule has 1 amide bonds. The average Bonchev–Trinajstić information content (AvgIpc) is 3.19. The minimum atomic E-state index is -0.776. The molecule has 0 radical (unpaired) electrons. The number of carbonyl (C=O) groups is 1. The van der Waals surface area contributed by atoms with Crippen LogP contribution in [0.1, 0.15) is 16.1 Å². The van der Waals surface area contributed by atoms with E-state index in [9.17, 15) is 13.6 Å². The van der Waals surface area contributed by atoms with Crippen molar-refractivity contribution in [3.63, 3.8) is 0 Å². The highest BCUT2D eigenvalue weighted by molar-refractivity contribution is 6.06. The monoisotopic (exact) mass is 354 g/mol. The topological polar surface area (TPSA) is 88.5 Å². The van der Waals surface area contributed by atoms with Gasteiger partial charge in [-0.2, -0.15) is 10.2 Å². The molecule has 4 aromatic rings. The van der Waals surface area contributed by atoms with Gasteiger partial charge in [-0.25, -0.2) is 13.5 Å². The first-order valence-corrected chi connectivity index (χ1v) is 7.65. The molecule has 9 heteroatoms. The molecule has 0 atom stereocenters. The number of carbonyl (C=O) groups excluding carboxylic acids is 1. The molecule has 0 saturated carbocycles. The molecule has 0 aliphatic carbocycles. The molecule has 3 heterocycles. The van der Waals surface area contributed by atoms with Crippen molar-refractivity contribution in [1.29, 1.82) is 0 Å². The molecule has 2 N–H and O–H groups in total. The number of rotatable bonds is 3. The number of nitrogens with one attached hydrogen (secondary N) is 2. The summed E-state index contributed by atoms with van der Waals surface area (Å²) < 4.78 is 28.9. The van der Waals surface area contributed by atoms with E-state index in [2.05, 4.69) is 25.6 Å². The number of benzene rings is 1. The number of para-hydroxylation sites is 1. The number of H-pyrrole nitrogens is 1. The van der Waals surface area contributed by atoms with Gasteiger partial charge in [0, 0.05) is 18.0 Å². The maximum Gasteiger partial charge on any atom is 0.277 e. The maximum absolute atomic E-state index is 13.9. The molecule has 0 fully saturated rings. The molecule has 4 rings (SSSR count). The molecule has 7 nitrogen and oxygen atoms in total. The number of aromatic nitrogens is 5. The van der Waals surface area contributed by atoms with Gasteiger partial charge < -0.3 is 5.32 Å². The number of amides is 1. The number of anilines is 1. The van der Waals surface area contributed by atoms with Gasteiger partial charge in [0.2, 0.25) is 0 Å². The molecular weight excluding hydrogens is 342 g/mol. The third-order valence-electron chi connectivity index (χ3n) is 3.83. The lowest BCUT2D eigenvalue weighted by atomic mass is 10.2. The lowest BCUT2D eigenvalue weighted by molar-refractivity contribution is 0.102. The van der Waals surface area contributed by atoms with Crippen LogP contribution in [-0.2, 0) is 0 Å². The summed E-state index contributed by atoms with van der Waals surface area (Å²) in [5, 5.41) is 13.4. The first-order chi connectivity index (χ1) is 12.5. The Morgan fingerprint density at radius 2 is 1.96 bits per heavy atom. The number of hydrogen-bond donors (Lipinski definition) is 2. The van der Waals surface area contributed by atoms with Crippen LogP contribution in [-0.4, -0.2) is 30.9 Å². The van der Waals surface area contributed by atoms with Crippen molar-refractivity contribution in [3.8, 4) is 5.69 Å². The van der Waals surface area contributed by atoms with E-state index in [4.69, 9.17) is 0 Å². The van der Waals surface area contributed by atoms with Gasteiger partial charge in [0.05, 0.1) is 5.52 Å². The van der Waals surface area contributed by atoms with E-state index in [1.165, 1.54) is 12.3 Å². The summed E-state index contributed by atoms with van der Waals surface area (Å²) in [5.74, 6) is -1.86. The van der Waals surface area contributed by atoms with Gasteiger partial charge in [0.15, 0.2) is 23.1 Å². The van der Waals surface area contributed by atoms with E-state index in [-0.39, 0.29) is 17.2 Å². The summed E-state index contributed by atoms with van der Waals surface area (Å²) in [7, 11) is 0. The van der Waals surface area contributed by atoms with Gasteiger partial charge >= 0.3 is 0 Å². The Bertz CT molecular complexity index is 1110. The predicted octanol–water partition coefficient (Wildman–Crippen LogP) is 2.98. The molecular formula is C17H12F2N6O. The van der Waals surface area contributed by atoms with Crippen molar-refractivity contribution in [1.82, 2.24) is 25.0 Å². The van der Waals surface area contributed by atoms with E-state index in [0.717, 1.165) is 16.8 Å². The zero-order valence-electron chi connectivity index (χ0n) is 13.5. The molecule has 0 saturated heterocycles. The Morgan fingerprint density at radius 1 is 1.19 bits per heavy atom. The molecule has 0 unspecified atom stereocenters. The van der Waals surface area contributed by atoms with Crippen LogP contribution in [0.2, 0.25) is 0 Å². The van der Waals surface area contributed by atoms with E-state index in [0.29, 0.717) is 16.6 Å². The first-order valence-electron chi connectivity index (χ1n) is 7.65. The van der Waals surface area contributed by atoms with Gasteiger partial charge in [-0.15, -0.1) is 0 Å². The first kappa shape index (κ1) is 15.9. The number of aryl methyl sites for hydroxylation is 1. The van der Waals surface area contributed by atoms with Crippen LogP contribution >= 0.6 is 0 Å². The molecule has 1 aromatic carbocycles. The van der Waals surface area contributed by atoms with Crippen LogP contribution in [0.25, 0.3) is 16.7 Å². The summed E-state index contributed by atoms with van der Waals surface area (Å²) >= 11 is 0. The molecule has 26 heavy (non-hydrogen) atoms. The quantitative estimate of drug-likeness (QED) is 0.592. The minimum Gasteiger partial charge on any atom is -0.302 e. The highest BCUT2D eigenvalue weighted by Gasteiger charge is 2.20. The van der Waals surface area contributed by atoms with E-state index >= 15 is 0 Å². The van der Waals surface area contributed by atoms with Crippen molar-refractivity contribution in [2.24, 2.45) is 0 Å². The van der Waals surface area contributed by atoms with Crippen molar-refractivity contribution in [2.75, 3.05) is 5.32 Å². The van der Waals surface area contributed by atoms with Gasteiger partial charge in [0.25, 0.3) is 5.91 Å². The molecule has 3 aromatic heterocycles. The Hall–Kier alpha value is -3.62. The summed E-state index contributed by atoms with van der Waals surface area (Å²) in [6.07, 6.45) is 2.96. The van der Waals surface area contributed by atoms with E-state index < -0.39 is 17.5 Å². The summed E-state index contributed by atoms with van der Waals surface area (Å²) in [5.41, 5.74) is 1.30. The highest BCUT2D eigenvalue weighted by atomic mass is 19.1. The highest BCUT2D eigenvalue weighted by Crippen LogP contribution is 2.21. The average molecular weight is 354 g/mol. The Balaban J connectivity index is 1.68. The second kappa shape index (κ2) is 6.03. The lowest BCUT2D eigenvalue weighted by Crippen LogP contribution is -2.15. The van der Waals surface area contributed by atoms with E-state index in [1.807, 2.05) is 0 Å². The van der Waals surface area contributed by atoms with E-state index in [1.54, 1.807) is 25.3 Å². The predicted molar refractivity (Wildman–Crippen MR) is 90.1 cm³/mol. The Kier molecular flexibility index (Phi) is 3.68. The number of halogens is 2. The number of fused-ring (bicyclic) bond motifs is 1. The van der Waals surface area contributed by atoms with Gasteiger partial charge in [0.1, 0.15) is 11.2 Å². The fourth-order valence-corrected chi connectivity index (χ4v) is 2.61. The molecule has 130 valence electrons. The van der Waals surface area contributed by atoms with Gasteiger partial charge in [-0.3, -0.25) is 14.9 Å². The fourth-order valence-electron chi connectivity index (χ4n) is 2.61. The van der Waals surface area contributed by atoms with Crippen molar-refractivity contribution in [3.05, 3.63) is 65.6 Å². The normalized spacial score (nSPS) is 11.0. The zero-order valence-corrected chi connectivity index (χ0v) is 13.5. The molecule has 0 aliphatic heterocycles. The van der Waals surface area contributed by atoms with Crippen LogP contribution in [0.15, 0.2) is 42.7 Å². The van der Waals surface area contributed by atoms with Gasteiger partial charge in [-0.05, 0) is 31.2 Å². The molecule has 0 aliphatic rings. The summed E-state index contributed by atoms with van der Waals surface area (Å²) in [4.78, 5) is 16.7. The minimum absolute atomic E-state index is 0.0275. The number of aromatic amines is 1. The Labute approximate surface area is 145 Å². The second-order valence-electron chi connectivity index (χ2n) is 5.60. The maximum atomic E-state index is 13.9. The summed E-state index contributed by atoms with van der Waals surface area (Å²) in [6, 6.07) is 7.01. The second-order valence-corrected chi connectivity index (χ2v) is 5.60. The third kappa shape index (κ3) is 2.59. The molecule has 0 spiro atoms. The Morgan fingerprint density at radius 3 is 2.73 bits per heavy atom. The smallest absolute Gasteiger partial charge is 0.277 e. The fraction of sp³-hybridized carbons (Fsp3) is 0.0588. The van der Waals surface area contributed by atoms with Crippen molar-refractivity contribution in [2.45, 2.75) is 6.92 Å². The largest absolute Gasteiger partial charge is 0.302 e. The van der Waals surface area contributed by atoms with Crippen molar-refractivity contribution >= 4 is 22.8 Å². The van der Waals surface area contributed by atoms with Crippen molar-refractivity contribution < 1.29 is 13.6 Å². The third-order valence-corrected chi connectivity index (χ3v) is 3.83. The van der Waals surface area contributed by atoms with Gasteiger partial charge in [-0.1, -0.05) is 6.07 Å². The van der Waals surface area contributed by atoms with Crippen LogP contribution in [0.3, 0.4) is 0 Å². The number of pyridine rings is 1. The summed E-state index contributed by atoms with van der Waals surface area (Å²) in [6.45, 7) is 1.62.